The molecule has 0 aromatic heterocycles. The van der Waals surface area contributed by atoms with Crippen LogP contribution in [0.2, 0.25) is 0 Å². The highest BCUT2D eigenvalue weighted by atomic mass is 16.4. The van der Waals surface area contributed by atoms with Crippen molar-refractivity contribution in [3.63, 3.8) is 0 Å². The van der Waals surface area contributed by atoms with Gasteiger partial charge in [-0.2, -0.15) is 0 Å². The number of hydrogen-bond donors (Lipinski definition) is 3. The first-order chi connectivity index (χ1) is 6.27. The summed E-state index contributed by atoms with van der Waals surface area (Å²) >= 11 is 0. The summed E-state index contributed by atoms with van der Waals surface area (Å²) in [5.74, 6) is -4.09. The topological polar surface area (TPSA) is 112 Å². The van der Waals surface area contributed by atoms with Crippen LogP contribution in [0.5, 0.6) is 0 Å². The van der Waals surface area contributed by atoms with Crippen molar-refractivity contribution in [1.82, 2.24) is 0 Å². The van der Waals surface area contributed by atoms with Crippen molar-refractivity contribution >= 4 is 17.7 Å². The number of carbonyl (C=O) groups is 3. The lowest BCUT2D eigenvalue weighted by Gasteiger charge is -2.18. The van der Waals surface area contributed by atoms with Gasteiger partial charge >= 0.3 is 11.9 Å². The first kappa shape index (κ1) is 12.6. The molecule has 0 rings (SSSR count). The third-order valence-corrected chi connectivity index (χ3v) is 1.74. The predicted molar refractivity (Wildman–Crippen MR) is 44.8 cm³/mol. The minimum Gasteiger partial charge on any atom is -0.481 e. The second-order valence-electron chi connectivity index (χ2n) is 3.16. The SMILES string of the molecule is CC(O)(CCCC(=O)O)C(=O)C(=O)O. The minimum absolute atomic E-state index is 0.0569. The second-order valence-corrected chi connectivity index (χ2v) is 3.16. The molecule has 6 nitrogen and oxygen atoms in total. The van der Waals surface area contributed by atoms with Crippen LogP contribution in [0, 0.1) is 0 Å². The molecule has 6 heteroatoms. The van der Waals surface area contributed by atoms with Gasteiger partial charge < -0.3 is 15.3 Å². The van der Waals surface area contributed by atoms with Crippen molar-refractivity contribution in [2.24, 2.45) is 0 Å². The summed E-state index contributed by atoms with van der Waals surface area (Å²) in [6.45, 7) is 1.06. The number of carboxylic acid groups (broad SMARTS) is 2. The van der Waals surface area contributed by atoms with Crippen molar-refractivity contribution in [3.8, 4) is 0 Å². The van der Waals surface area contributed by atoms with Gasteiger partial charge in [-0.25, -0.2) is 4.79 Å². The van der Waals surface area contributed by atoms with Gasteiger partial charge in [0, 0.05) is 6.42 Å². The number of Topliss-reactive ketones (excluding diaryl/α,β-unsaturated/α-hetero) is 1. The Morgan fingerprint density at radius 2 is 1.71 bits per heavy atom. The highest BCUT2D eigenvalue weighted by Crippen LogP contribution is 2.14. The maximum atomic E-state index is 10.8. The standard InChI is InChI=1S/C8H12O6/c1-8(14,6(11)7(12)13)4-2-3-5(9)10/h14H,2-4H2,1H3,(H,9,10)(H,12,13). The Balaban J connectivity index is 4.14. The van der Waals surface area contributed by atoms with E-state index in [0.29, 0.717) is 0 Å². The monoisotopic (exact) mass is 204 g/mol. The fourth-order valence-corrected chi connectivity index (χ4v) is 0.928. The van der Waals surface area contributed by atoms with E-state index in [1.807, 2.05) is 0 Å². The number of hydrogen-bond acceptors (Lipinski definition) is 4. The molecule has 0 aliphatic carbocycles. The van der Waals surface area contributed by atoms with Gasteiger partial charge in [-0.1, -0.05) is 0 Å². The van der Waals surface area contributed by atoms with Crippen LogP contribution in [-0.2, 0) is 14.4 Å². The Morgan fingerprint density at radius 3 is 2.07 bits per heavy atom. The molecule has 0 aliphatic heterocycles. The summed E-state index contributed by atoms with van der Waals surface area (Å²) < 4.78 is 0. The van der Waals surface area contributed by atoms with Gasteiger partial charge in [-0.3, -0.25) is 9.59 Å². The summed E-state index contributed by atoms with van der Waals surface area (Å²) in [5, 5.41) is 25.9. The predicted octanol–water partition coefficient (Wildman–Crippen LogP) is -0.354. The van der Waals surface area contributed by atoms with Gasteiger partial charge in [0.15, 0.2) is 0 Å². The molecule has 0 saturated heterocycles. The Kier molecular flexibility index (Phi) is 4.23. The summed E-state index contributed by atoms with van der Waals surface area (Å²) in [5.41, 5.74) is -1.98. The highest BCUT2D eigenvalue weighted by molar-refractivity contribution is 6.35. The van der Waals surface area contributed by atoms with E-state index in [2.05, 4.69) is 0 Å². The fourth-order valence-electron chi connectivity index (χ4n) is 0.928. The van der Waals surface area contributed by atoms with Crippen molar-refractivity contribution in [2.45, 2.75) is 31.8 Å². The number of carbonyl (C=O) groups excluding carboxylic acids is 1. The molecule has 0 radical (unpaired) electrons. The zero-order valence-corrected chi connectivity index (χ0v) is 7.69. The summed E-state index contributed by atoms with van der Waals surface area (Å²) in [6.07, 6.45) is -0.325. The molecule has 0 spiro atoms. The van der Waals surface area contributed by atoms with Gasteiger partial charge in [0.05, 0.1) is 0 Å². The second kappa shape index (κ2) is 4.71. The number of aliphatic hydroxyl groups is 1. The molecule has 1 unspecified atom stereocenters. The molecule has 14 heavy (non-hydrogen) atoms. The largest absolute Gasteiger partial charge is 0.481 e. The summed E-state index contributed by atoms with van der Waals surface area (Å²) in [4.78, 5) is 31.2. The number of ketones is 1. The lowest BCUT2D eigenvalue weighted by atomic mass is 9.94. The Morgan fingerprint density at radius 1 is 1.21 bits per heavy atom. The van der Waals surface area contributed by atoms with E-state index in [0.717, 1.165) is 6.92 Å². The van der Waals surface area contributed by atoms with Crippen LogP contribution in [0.15, 0.2) is 0 Å². The van der Waals surface area contributed by atoms with E-state index in [1.54, 1.807) is 0 Å². The maximum Gasteiger partial charge on any atom is 0.375 e. The lowest BCUT2D eigenvalue weighted by molar-refractivity contribution is -0.158. The van der Waals surface area contributed by atoms with Crippen molar-refractivity contribution in [1.29, 1.82) is 0 Å². The lowest BCUT2D eigenvalue weighted by Crippen LogP contribution is -2.40. The fraction of sp³-hybridized carbons (Fsp3) is 0.625. The van der Waals surface area contributed by atoms with Crippen molar-refractivity contribution < 1.29 is 29.7 Å². The normalized spacial score (nSPS) is 14.4. The Labute approximate surface area is 80.2 Å². The molecule has 0 saturated carbocycles. The Hall–Kier alpha value is -1.43. The first-order valence-corrected chi connectivity index (χ1v) is 3.99. The first-order valence-electron chi connectivity index (χ1n) is 3.99. The van der Waals surface area contributed by atoms with E-state index in [-0.39, 0.29) is 19.3 Å². The van der Waals surface area contributed by atoms with E-state index in [9.17, 15) is 19.5 Å². The highest BCUT2D eigenvalue weighted by Gasteiger charge is 2.34. The molecule has 0 amide bonds. The van der Waals surface area contributed by atoms with Crippen LogP contribution >= 0.6 is 0 Å². The average molecular weight is 204 g/mol. The van der Waals surface area contributed by atoms with Crippen molar-refractivity contribution in [3.05, 3.63) is 0 Å². The Bertz CT molecular complexity index is 255. The number of carboxylic acids is 2. The van der Waals surface area contributed by atoms with Crippen LogP contribution in [-0.4, -0.2) is 38.6 Å². The maximum absolute atomic E-state index is 10.8. The van der Waals surface area contributed by atoms with Crippen LogP contribution in [0.25, 0.3) is 0 Å². The van der Waals surface area contributed by atoms with Gasteiger partial charge in [-0.05, 0) is 19.8 Å². The molecule has 0 aromatic rings. The van der Waals surface area contributed by atoms with Gasteiger partial charge in [0.2, 0.25) is 0 Å². The zero-order chi connectivity index (χ0) is 11.4. The van der Waals surface area contributed by atoms with Gasteiger partial charge in [0.1, 0.15) is 5.60 Å². The quantitative estimate of drug-likeness (QED) is 0.509. The smallest absolute Gasteiger partial charge is 0.375 e. The molecule has 1 atom stereocenters. The minimum atomic E-state index is -1.98. The molecule has 0 aromatic carbocycles. The molecule has 80 valence electrons. The van der Waals surface area contributed by atoms with E-state index in [4.69, 9.17) is 10.2 Å². The molecular formula is C8H12O6. The zero-order valence-electron chi connectivity index (χ0n) is 7.69. The number of rotatable bonds is 6. The number of aliphatic carboxylic acids is 2. The van der Waals surface area contributed by atoms with Gasteiger partial charge in [0.25, 0.3) is 5.78 Å². The molecule has 0 heterocycles. The summed E-state index contributed by atoms with van der Waals surface area (Å²) in [7, 11) is 0. The molecule has 3 N–H and O–H groups in total. The molecular weight excluding hydrogens is 192 g/mol. The molecule has 0 aliphatic rings. The average Bonchev–Trinajstić information content (AvgIpc) is 2.01. The van der Waals surface area contributed by atoms with Crippen molar-refractivity contribution in [2.75, 3.05) is 0 Å². The van der Waals surface area contributed by atoms with Crippen LogP contribution in [0.3, 0.4) is 0 Å². The van der Waals surface area contributed by atoms with Gasteiger partial charge in [-0.15, -0.1) is 0 Å². The third kappa shape index (κ3) is 3.99. The summed E-state index contributed by atoms with van der Waals surface area (Å²) in [6, 6.07) is 0. The van der Waals surface area contributed by atoms with Crippen LogP contribution in [0.4, 0.5) is 0 Å². The van der Waals surface area contributed by atoms with E-state index < -0.39 is 23.3 Å². The van der Waals surface area contributed by atoms with E-state index >= 15 is 0 Å². The van der Waals surface area contributed by atoms with Crippen LogP contribution in [0.1, 0.15) is 26.2 Å². The molecule has 0 bridgehead atoms. The van der Waals surface area contributed by atoms with E-state index in [1.165, 1.54) is 0 Å². The van der Waals surface area contributed by atoms with Crippen LogP contribution < -0.4 is 0 Å². The third-order valence-electron chi connectivity index (χ3n) is 1.74. The molecule has 0 fully saturated rings.